The van der Waals surface area contributed by atoms with Gasteiger partial charge in [0.25, 0.3) is 0 Å². The molecule has 1 heterocycles. The Hall–Kier alpha value is -3.08. The number of ether oxygens (including phenoxy) is 2. The van der Waals surface area contributed by atoms with E-state index in [9.17, 15) is 9.59 Å². The first kappa shape index (κ1) is 16.8. The third-order valence-electron chi connectivity index (χ3n) is 3.89. The Morgan fingerprint density at radius 1 is 1.04 bits per heavy atom. The molecule has 128 valence electrons. The average Bonchev–Trinajstić information content (AvgIpc) is 3.08. The quantitative estimate of drug-likeness (QED) is 0.823. The van der Waals surface area contributed by atoms with Gasteiger partial charge in [0, 0.05) is 6.08 Å². The average molecular weight is 337 g/mol. The molecule has 25 heavy (non-hydrogen) atoms. The van der Waals surface area contributed by atoms with E-state index in [2.05, 4.69) is 5.32 Å². The van der Waals surface area contributed by atoms with Crippen LogP contribution in [0.2, 0.25) is 0 Å². The van der Waals surface area contributed by atoms with E-state index in [0.29, 0.717) is 6.42 Å². The van der Waals surface area contributed by atoms with Crippen LogP contribution in [0.5, 0.6) is 0 Å². The van der Waals surface area contributed by atoms with E-state index in [1.807, 2.05) is 60.7 Å². The lowest BCUT2D eigenvalue weighted by atomic mass is 10.0. The van der Waals surface area contributed by atoms with Gasteiger partial charge >= 0.3 is 12.1 Å². The molecule has 2 aromatic rings. The van der Waals surface area contributed by atoms with Crippen LogP contribution in [0.3, 0.4) is 0 Å². The minimum atomic E-state index is -0.541. The molecule has 0 unspecified atom stereocenters. The zero-order chi connectivity index (χ0) is 17.5. The standard InChI is InChI=1S/C20H19NO4/c22-19-12-11-18(25-19)17(13-15-7-3-1-4-8-15)21-20(23)24-14-16-9-5-2-6-10-16/h1-12,17-18H,13-14H2,(H,21,23)/t17-,18-/m0/s1. The maximum Gasteiger partial charge on any atom is 0.407 e. The molecule has 0 fully saturated rings. The first-order valence-electron chi connectivity index (χ1n) is 8.10. The molecule has 0 bridgehead atoms. The van der Waals surface area contributed by atoms with Gasteiger partial charge in [-0.05, 0) is 23.6 Å². The van der Waals surface area contributed by atoms with Gasteiger partial charge in [0.1, 0.15) is 12.7 Å². The number of carbonyl (C=O) groups excluding carboxylic acids is 2. The van der Waals surface area contributed by atoms with Crippen molar-refractivity contribution in [2.45, 2.75) is 25.2 Å². The Kier molecular flexibility index (Phi) is 5.46. The summed E-state index contributed by atoms with van der Waals surface area (Å²) in [4.78, 5) is 23.5. The minimum Gasteiger partial charge on any atom is -0.453 e. The zero-order valence-corrected chi connectivity index (χ0v) is 13.6. The van der Waals surface area contributed by atoms with Gasteiger partial charge in [0.05, 0.1) is 6.04 Å². The van der Waals surface area contributed by atoms with Gasteiger partial charge in [-0.3, -0.25) is 0 Å². The van der Waals surface area contributed by atoms with Crippen LogP contribution in [-0.4, -0.2) is 24.2 Å². The lowest BCUT2D eigenvalue weighted by Gasteiger charge is -2.23. The van der Waals surface area contributed by atoms with E-state index in [4.69, 9.17) is 9.47 Å². The second kappa shape index (κ2) is 8.15. The van der Waals surface area contributed by atoms with E-state index in [1.54, 1.807) is 6.08 Å². The van der Waals surface area contributed by atoms with Crippen molar-refractivity contribution >= 4 is 12.1 Å². The summed E-state index contributed by atoms with van der Waals surface area (Å²) in [7, 11) is 0. The van der Waals surface area contributed by atoms with Gasteiger partial charge in [0.15, 0.2) is 0 Å². The molecule has 1 aliphatic heterocycles. The Balaban J connectivity index is 1.61. The Morgan fingerprint density at radius 3 is 2.28 bits per heavy atom. The summed E-state index contributed by atoms with van der Waals surface area (Å²) in [6.07, 6.45) is 2.52. The van der Waals surface area contributed by atoms with E-state index in [1.165, 1.54) is 6.08 Å². The van der Waals surface area contributed by atoms with Crippen LogP contribution < -0.4 is 5.32 Å². The number of hydrogen-bond acceptors (Lipinski definition) is 4. The third kappa shape index (κ3) is 4.94. The van der Waals surface area contributed by atoms with Gasteiger partial charge in [-0.15, -0.1) is 0 Å². The van der Waals surface area contributed by atoms with Crippen LogP contribution >= 0.6 is 0 Å². The van der Waals surface area contributed by atoms with Crippen molar-refractivity contribution in [2.24, 2.45) is 0 Å². The van der Waals surface area contributed by atoms with E-state index in [0.717, 1.165) is 11.1 Å². The first-order chi connectivity index (χ1) is 12.2. The van der Waals surface area contributed by atoms with Crippen molar-refractivity contribution in [1.82, 2.24) is 5.32 Å². The number of hydrogen-bond donors (Lipinski definition) is 1. The van der Waals surface area contributed by atoms with Crippen LogP contribution in [0.25, 0.3) is 0 Å². The molecule has 0 aliphatic carbocycles. The molecule has 5 nitrogen and oxygen atoms in total. The number of esters is 1. The van der Waals surface area contributed by atoms with Gasteiger partial charge < -0.3 is 14.8 Å². The largest absolute Gasteiger partial charge is 0.453 e. The summed E-state index contributed by atoms with van der Waals surface area (Å²) in [6, 6.07) is 18.8. The Labute approximate surface area is 146 Å². The second-order valence-electron chi connectivity index (χ2n) is 5.76. The van der Waals surface area contributed by atoms with Crippen LogP contribution in [0.15, 0.2) is 72.8 Å². The third-order valence-corrected chi connectivity index (χ3v) is 3.89. The molecule has 2 atom stereocenters. The highest BCUT2D eigenvalue weighted by Crippen LogP contribution is 2.15. The number of rotatable bonds is 6. The second-order valence-corrected chi connectivity index (χ2v) is 5.76. The summed E-state index contributed by atoms with van der Waals surface area (Å²) in [5.74, 6) is -0.400. The van der Waals surface area contributed by atoms with Crippen molar-refractivity contribution in [3.63, 3.8) is 0 Å². The summed E-state index contributed by atoms with van der Waals surface area (Å²) in [6.45, 7) is 0.186. The number of alkyl carbamates (subject to hydrolysis) is 1. The van der Waals surface area contributed by atoms with E-state index < -0.39 is 24.2 Å². The lowest BCUT2D eigenvalue weighted by molar-refractivity contribution is -0.139. The molecule has 5 heteroatoms. The minimum absolute atomic E-state index is 0.186. The predicted octanol–water partition coefficient (Wildman–Crippen LogP) is 3.01. The van der Waals surface area contributed by atoms with Crippen LogP contribution in [0.1, 0.15) is 11.1 Å². The number of amides is 1. The van der Waals surface area contributed by atoms with Gasteiger partial charge in [0.2, 0.25) is 0 Å². The summed E-state index contributed by atoms with van der Waals surface area (Å²) >= 11 is 0. The fourth-order valence-electron chi connectivity index (χ4n) is 2.64. The highest BCUT2D eigenvalue weighted by molar-refractivity contribution is 5.84. The highest BCUT2D eigenvalue weighted by atomic mass is 16.6. The maximum atomic E-state index is 12.2. The molecular formula is C20H19NO4. The normalized spacial score (nSPS) is 17.0. The van der Waals surface area contributed by atoms with Crippen molar-refractivity contribution in [2.75, 3.05) is 0 Å². The maximum absolute atomic E-state index is 12.2. The smallest absolute Gasteiger partial charge is 0.407 e. The fourth-order valence-corrected chi connectivity index (χ4v) is 2.64. The summed E-state index contributed by atoms with van der Waals surface area (Å²) in [5, 5.41) is 2.81. The van der Waals surface area contributed by atoms with Gasteiger partial charge in [-0.25, -0.2) is 9.59 Å². The van der Waals surface area contributed by atoms with Crippen LogP contribution in [-0.2, 0) is 27.3 Å². The number of benzene rings is 2. The number of nitrogens with one attached hydrogen (secondary N) is 1. The molecule has 0 aromatic heterocycles. The van der Waals surface area contributed by atoms with Crippen LogP contribution in [0.4, 0.5) is 4.79 Å². The predicted molar refractivity (Wildman–Crippen MR) is 92.7 cm³/mol. The molecule has 1 amide bonds. The van der Waals surface area contributed by atoms with Crippen molar-refractivity contribution in [3.05, 3.63) is 83.9 Å². The highest BCUT2D eigenvalue weighted by Gasteiger charge is 2.28. The SMILES string of the molecule is O=C1C=C[C@@H]([C@H](Cc2ccccc2)NC(=O)OCc2ccccc2)O1. The number of carbonyl (C=O) groups is 2. The zero-order valence-electron chi connectivity index (χ0n) is 13.6. The van der Waals surface area contributed by atoms with E-state index in [-0.39, 0.29) is 6.61 Å². The van der Waals surface area contributed by atoms with Gasteiger partial charge in [-0.2, -0.15) is 0 Å². The van der Waals surface area contributed by atoms with Crippen molar-refractivity contribution in [1.29, 1.82) is 0 Å². The Bertz CT molecular complexity index is 743. The molecule has 0 saturated carbocycles. The molecule has 0 spiro atoms. The Morgan fingerprint density at radius 2 is 1.68 bits per heavy atom. The van der Waals surface area contributed by atoms with Crippen molar-refractivity contribution < 1.29 is 19.1 Å². The topological polar surface area (TPSA) is 64.6 Å². The summed E-state index contributed by atoms with van der Waals surface area (Å²) < 4.78 is 10.5. The summed E-state index contributed by atoms with van der Waals surface area (Å²) in [5.41, 5.74) is 1.94. The fraction of sp³-hybridized carbons (Fsp3) is 0.200. The monoisotopic (exact) mass is 337 g/mol. The van der Waals surface area contributed by atoms with Crippen LogP contribution in [0, 0.1) is 0 Å². The molecule has 2 aromatic carbocycles. The van der Waals surface area contributed by atoms with E-state index >= 15 is 0 Å². The molecule has 0 radical (unpaired) electrons. The molecule has 3 rings (SSSR count). The molecule has 1 N–H and O–H groups in total. The molecule has 1 aliphatic rings. The first-order valence-corrected chi connectivity index (χ1v) is 8.10. The van der Waals surface area contributed by atoms with Crippen molar-refractivity contribution in [3.8, 4) is 0 Å². The molecular weight excluding hydrogens is 318 g/mol. The van der Waals surface area contributed by atoms with Gasteiger partial charge in [-0.1, -0.05) is 60.7 Å². The number of cyclic esters (lactones) is 1. The lowest BCUT2D eigenvalue weighted by Crippen LogP contribution is -2.44. The molecule has 0 saturated heterocycles.